The number of nitrogens with zero attached hydrogens (tertiary/aromatic N) is 2. The molecule has 0 spiro atoms. The second kappa shape index (κ2) is 7.91. The molecule has 1 aromatic heterocycles. The Morgan fingerprint density at radius 2 is 1.92 bits per heavy atom. The van der Waals surface area contributed by atoms with Gasteiger partial charge in [0.15, 0.2) is 0 Å². The van der Waals surface area contributed by atoms with E-state index in [0.29, 0.717) is 28.0 Å². The molecule has 0 saturated carbocycles. The molecule has 2 heterocycles. The number of aliphatic imine (C=N–C) groups is 1. The fourth-order valence-electron chi connectivity index (χ4n) is 2.68. The number of aromatic nitrogens is 1. The number of pyridine rings is 1. The summed E-state index contributed by atoms with van der Waals surface area (Å²) < 4.78 is 24.0. The lowest BCUT2D eigenvalue weighted by atomic mass is 10.0. The van der Waals surface area contributed by atoms with E-state index in [9.17, 15) is 9.36 Å². The van der Waals surface area contributed by atoms with Crippen LogP contribution in [-0.4, -0.2) is 36.4 Å². The SMILES string of the molecule is CCOP(=O)(OCC)c1ccc2c(c1)C(c1ccccn1)=NCC(=O)N2. The molecular weight excluding hydrogens is 353 g/mol. The zero-order valence-corrected chi connectivity index (χ0v) is 15.5. The van der Waals surface area contributed by atoms with E-state index in [-0.39, 0.29) is 25.7 Å². The summed E-state index contributed by atoms with van der Waals surface area (Å²) in [7, 11) is -3.45. The smallest absolute Gasteiger partial charge is 0.324 e. The fraction of sp³-hybridized carbons (Fsp3) is 0.278. The second-order valence-electron chi connectivity index (χ2n) is 5.49. The summed E-state index contributed by atoms with van der Waals surface area (Å²) in [5.74, 6) is -0.220. The molecule has 3 rings (SSSR count). The summed E-state index contributed by atoms with van der Waals surface area (Å²) in [6.45, 7) is 4.02. The topological polar surface area (TPSA) is 89.9 Å². The quantitative estimate of drug-likeness (QED) is 0.787. The van der Waals surface area contributed by atoms with Crippen LogP contribution in [0.1, 0.15) is 25.1 Å². The van der Waals surface area contributed by atoms with E-state index in [1.165, 1.54) is 0 Å². The van der Waals surface area contributed by atoms with E-state index in [2.05, 4.69) is 15.3 Å². The summed E-state index contributed by atoms with van der Waals surface area (Å²) in [6.07, 6.45) is 1.66. The molecule has 0 unspecified atom stereocenters. The van der Waals surface area contributed by atoms with Gasteiger partial charge in [-0.15, -0.1) is 0 Å². The number of hydrogen-bond donors (Lipinski definition) is 1. The first-order valence-corrected chi connectivity index (χ1v) is 9.91. The Labute approximate surface area is 152 Å². The monoisotopic (exact) mass is 373 g/mol. The first-order chi connectivity index (χ1) is 12.6. The molecule has 0 radical (unpaired) electrons. The molecule has 1 aromatic carbocycles. The summed E-state index contributed by atoms with van der Waals surface area (Å²) in [6, 6.07) is 10.5. The molecule has 1 aliphatic rings. The average Bonchev–Trinajstić information content (AvgIpc) is 2.80. The summed E-state index contributed by atoms with van der Waals surface area (Å²) in [4.78, 5) is 20.7. The summed E-state index contributed by atoms with van der Waals surface area (Å²) >= 11 is 0. The molecular formula is C18H20N3O4P. The third-order valence-electron chi connectivity index (χ3n) is 3.73. The van der Waals surface area contributed by atoms with Gasteiger partial charge in [0, 0.05) is 11.8 Å². The largest absolute Gasteiger partial charge is 0.361 e. The first-order valence-electron chi connectivity index (χ1n) is 8.37. The molecule has 0 aliphatic carbocycles. The maximum atomic E-state index is 13.1. The van der Waals surface area contributed by atoms with Crippen molar-refractivity contribution in [2.75, 3.05) is 25.1 Å². The molecule has 0 saturated heterocycles. The van der Waals surface area contributed by atoms with Gasteiger partial charge in [0.2, 0.25) is 5.91 Å². The van der Waals surface area contributed by atoms with Crippen molar-refractivity contribution in [2.45, 2.75) is 13.8 Å². The van der Waals surface area contributed by atoms with Crippen LogP contribution in [0.25, 0.3) is 0 Å². The fourth-order valence-corrected chi connectivity index (χ4v) is 4.28. The van der Waals surface area contributed by atoms with Gasteiger partial charge in [0.1, 0.15) is 6.54 Å². The number of nitrogens with one attached hydrogen (secondary N) is 1. The van der Waals surface area contributed by atoms with Crippen LogP contribution in [0.3, 0.4) is 0 Å². The second-order valence-corrected chi connectivity index (χ2v) is 7.52. The van der Waals surface area contributed by atoms with Gasteiger partial charge in [-0.25, -0.2) is 0 Å². The van der Waals surface area contributed by atoms with E-state index in [1.807, 2.05) is 12.1 Å². The lowest BCUT2D eigenvalue weighted by Gasteiger charge is -2.19. The molecule has 7 nitrogen and oxygen atoms in total. The molecule has 136 valence electrons. The third-order valence-corrected chi connectivity index (χ3v) is 5.84. The number of carbonyl (C=O) groups is 1. The average molecular weight is 373 g/mol. The van der Waals surface area contributed by atoms with Gasteiger partial charge in [-0.3, -0.25) is 19.3 Å². The molecule has 2 aromatic rings. The van der Waals surface area contributed by atoms with Crippen LogP contribution in [0.5, 0.6) is 0 Å². The zero-order valence-electron chi connectivity index (χ0n) is 14.6. The Morgan fingerprint density at radius 1 is 1.15 bits per heavy atom. The van der Waals surface area contributed by atoms with Crippen molar-refractivity contribution in [3.05, 3.63) is 53.9 Å². The summed E-state index contributed by atoms with van der Waals surface area (Å²) in [5, 5.41) is 3.23. The Hall–Kier alpha value is -2.34. The van der Waals surface area contributed by atoms with Crippen LogP contribution in [0, 0.1) is 0 Å². The van der Waals surface area contributed by atoms with Crippen molar-refractivity contribution in [1.29, 1.82) is 0 Å². The minimum absolute atomic E-state index is 0.00942. The van der Waals surface area contributed by atoms with Crippen LogP contribution >= 0.6 is 7.60 Å². The highest BCUT2D eigenvalue weighted by Crippen LogP contribution is 2.47. The molecule has 26 heavy (non-hydrogen) atoms. The number of amides is 1. The number of benzodiazepines with no additional fused rings is 1. The molecule has 8 heteroatoms. The van der Waals surface area contributed by atoms with Crippen molar-refractivity contribution in [3.63, 3.8) is 0 Å². The van der Waals surface area contributed by atoms with Crippen molar-refractivity contribution in [2.24, 2.45) is 4.99 Å². The lowest BCUT2D eigenvalue weighted by molar-refractivity contribution is -0.114. The van der Waals surface area contributed by atoms with Crippen LogP contribution in [0.15, 0.2) is 47.6 Å². The molecule has 0 fully saturated rings. The highest BCUT2D eigenvalue weighted by Gasteiger charge is 2.29. The number of benzene rings is 1. The van der Waals surface area contributed by atoms with Gasteiger partial charge >= 0.3 is 7.60 Å². The Morgan fingerprint density at radius 3 is 2.58 bits per heavy atom. The summed E-state index contributed by atoms with van der Waals surface area (Å²) in [5.41, 5.74) is 2.40. The number of fused-ring (bicyclic) bond motifs is 1. The van der Waals surface area contributed by atoms with Crippen molar-refractivity contribution in [1.82, 2.24) is 4.98 Å². The van der Waals surface area contributed by atoms with Crippen LogP contribution in [-0.2, 0) is 18.4 Å². The van der Waals surface area contributed by atoms with Gasteiger partial charge in [-0.05, 0) is 44.2 Å². The standard InChI is InChI=1S/C18H20N3O4P/c1-3-24-26(23,25-4-2)13-8-9-15-14(11-13)18(20-12-17(22)21-15)16-7-5-6-10-19-16/h5-11H,3-4,12H2,1-2H3,(H,21,22). The van der Waals surface area contributed by atoms with Crippen molar-refractivity contribution >= 4 is 30.2 Å². The number of anilines is 1. The first kappa shape index (κ1) is 18.5. The normalized spacial score (nSPS) is 14.2. The van der Waals surface area contributed by atoms with Crippen LogP contribution in [0.2, 0.25) is 0 Å². The predicted octanol–water partition coefficient (Wildman–Crippen LogP) is 2.76. The zero-order chi connectivity index (χ0) is 18.6. The number of rotatable bonds is 6. The highest BCUT2D eigenvalue weighted by atomic mass is 31.2. The minimum atomic E-state index is -3.45. The van der Waals surface area contributed by atoms with Gasteiger partial charge in [0.05, 0.1) is 35.6 Å². The van der Waals surface area contributed by atoms with Gasteiger partial charge in [-0.1, -0.05) is 6.07 Å². The predicted molar refractivity (Wildman–Crippen MR) is 100 cm³/mol. The number of carbonyl (C=O) groups excluding carboxylic acids is 1. The van der Waals surface area contributed by atoms with E-state index in [1.54, 1.807) is 44.3 Å². The van der Waals surface area contributed by atoms with Crippen molar-refractivity contribution < 1.29 is 18.4 Å². The highest BCUT2D eigenvalue weighted by molar-refractivity contribution is 7.62. The van der Waals surface area contributed by atoms with Gasteiger partial charge in [0.25, 0.3) is 0 Å². The van der Waals surface area contributed by atoms with E-state index in [0.717, 1.165) is 0 Å². The van der Waals surface area contributed by atoms with Crippen LogP contribution in [0.4, 0.5) is 5.69 Å². The molecule has 1 N–H and O–H groups in total. The minimum Gasteiger partial charge on any atom is -0.324 e. The molecule has 0 bridgehead atoms. The van der Waals surface area contributed by atoms with E-state index >= 15 is 0 Å². The van der Waals surface area contributed by atoms with E-state index in [4.69, 9.17) is 9.05 Å². The van der Waals surface area contributed by atoms with Crippen LogP contribution < -0.4 is 10.6 Å². The maximum absolute atomic E-state index is 13.1. The van der Waals surface area contributed by atoms with Gasteiger partial charge < -0.3 is 14.4 Å². The maximum Gasteiger partial charge on any atom is 0.361 e. The molecule has 0 atom stereocenters. The Bertz CT molecular complexity index is 873. The Balaban J connectivity index is 2.14. The molecule has 1 aliphatic heterocycles. The van der Waals surface area contributed by atoms with Crippen molar-refractivity contribution in [3.8, 4) is 0 Å². The molecule has 1 amide bonds. The van der Waals surface area contributed by atoms with E-state index < -0.39 is 7.60 Å². The third kappa shape index (κ3) is 3.75. The number of hydrogen-bond acceptors (Lipinski definition) is 6. The Kier molecular flexibility index (Phi) is 5.61. The lowest BCUT2D eigenvalue weighted by Crippen LogP contribution is -2.16. The van der Waals surface area contributed by atoms with Gasteiger partial charge in [-0.2, -0.15) is 0 Å².